The predicted molar refractivity (Wildman–Crippen MR) is 66.4 cm³/mol. The van der Waals surface area contributed by atoms with Gasteiger partial charge in [-0.25, -0.2) is 4.79 Å². The number of ether oxygens (including phenoxy) is 2. The zero-order chi connectivity index (χ0) is 12.4. The molecule has 0 aliphatic rings. The Kier molecular flexibility index (Phi) is 3.38. The molecule has 0 radical (unpaired) electrons. The molecule has 0 unspecified atom stereocenters. The summed E-state index contributed by atoms with van der Waals surface area (Å²) >= 11 is 3.37. The van der Waals surface area contributed by atoms with Gasteiger partial charge in [-0.15, -0.1) is 0 Å². The zero-order valence-electron chi connectivity index (χ0n) is 9.45. The summed E-state index contributed by atoms with van der Waals surface area (Å²) in [5.41, 5.74) is 0.591. The lowest BCUT2D eigenvalue weighted by molar-refractivity contribution is 0.0492. The van der Waals surface area contributed by atoms with Crippen molar-refractivity contribution in [2.45, 2.75) is 6.92 Å². The van der Waals surface area contributed by atoms with Gasteiger partial charge in [-0.2, -0.15) is 0 Å². The summed E-state index contributed by atoms with van der Waals surface area (Å²) in [6, 6.07) is 5.21. The van der Waals surface area contributed by atoms with Crippen LogP contribution in [0, 0.1) is 0 Å². The fraction of sp³-hybridized carbons (Fsp3) is 0.250. The Morgan fingerprint density at radius 1 is 1.41 bits per heavy atom. The molecule has 0 N–H and O–H groups in total. The highest BCUT2D eigenvalue weighted by atomic mass is 79.9. The van der Waals surface area contributed by atoms with E-state index in [2.05, 4.69) is 15.9 Å². The number of furan rings is 1. The van der Waals surface area contributed by atoms with Crippen LogP contribution in [0.15, 0.2) is 27.1 Å². The van der Waals surface area contributed by atoms with Gasteiger partial charge in [-0.05, 0) is 35.0 Å². The summed E-state index contributed by atoms with van der Waals surface area (Å²) in [7, 11) is 1.57. The third-order valence-corrected chi connectivity index (χ3v) is 2.89. The van der Waals surface area contributed by atoms with Crippen molar-refractivity contribution < 1.29 is 18.7 Å². The molecule has 0 aliphatic heterocycles. The molecule has 1 aromatic carbocycles. The molecule has 0 fully saturated rings. The Labute approximate surface area is 107 Å². The minimum atomic E-state index is -0.459. The maximum Gasteiger partial charge on any atom is 0.374 e. The molecule has 0 amide bonds. The number of rotatable bonds is 3. The fourth-order valence-electron chi connectivity index (χ4n) is 1.50. The van der Waals surface area contributed by atoms with Gasteiger partial charge in [0.05, 0.1) is 18.2 Å². The summed E-state index contributed by atoms with van der Waals surface area (Å²) in [6.07, 6.45) is 0. The van der Waals surface area contributed by atoms with Crippen LogP contribution in [0.1, 0.15) is 17.5 Å². The van der Waals surface area contributed by atoms with E-state index in [0.29, 0.717) is 17.9 Å². The van der Waals surface area contributed by atoms with Gasteiger partial charge in [0.1, 0.15) is 11.3 Å². The van der Waals surface area contributed by atoms with Crippen LogP contribution in [0.5, 0.6) is 5.75 Å². The Hall–Kier alpha value is -1.49. The summed E-state index contributed by atoms with van der Waals surface area (Å²) < 4.78 is 16.2. The number of methoxy groups -OCH3 is 1. The second-order valence-corrected chi connectivity index (χ2v) is 4.21. The summed E-state index contributed by atoms with van der Waals surface area (Å²) in [5, 5.41) is 0.820. The topological polar surface area (TPSA) is 48.7 Å². The average molecular weight is 299 g/mol. The van der Waals surface area contributed by atoms with Crippen molar-refractivity contribution in [3.8, 4) is 5.75 Å². The number of benzene rings is 1. The smallest absolute Gasteiger partial charge is 0.374 e. The Morgan fingerprint density at radius 2 is 2.18 bits per heavy atom. The zero-order valence-corrected chi connectivity index (χ0v) is 11.0. The molecule has 0 aliphatic carbocycles. The third kappa shape index (κ3) is 2.29. The average Bonchev–Trinajstić information content (AvgIpc) is 2.71. The number of fused-ring (bicyclic) bond motifs is 1. The first-order valence-electron chi connectivity index (χ1n) is 5.10. The summed E-state index contributed by atoms with van der Waals surface area (Å²) in [4.78, 5) is 11.5. The van der Waals surface area contributed by atoms with E-state index in [0.717, 1.165) is 9.86 Å². The standard InChI is InChI=1S/C12H11BrO4/c1-3-16-12(14)11-5-7-4-8(13)10(15-2)6-9(7)17-11/h4-6H,3H2,1-2H3. The minimum absolute atomic E-state index is 0.196. The lowest BCUT2D eigenvalue weighted by atomic mass is 10.2. The van der Waals surface area contributed by atoms with E-state index in [4.69, 9.17) is 13.9 Å². The molecule has 2 rings (SSSR count). The lowest BCUT2D eigenvalue weighted by Gasteiger charge is -2.01. The quantitative estimate of drug-likeness (QED) is 0.815. The molecule has 4 nitrogen and oxygen atoms in total. The maximum atomic E-state index is 11.5. The van der Waals surface area contributed by atoms with Crippen LogP contribution in [-0.4, -0.2) is 19.7 Å². The van der Waals surface area contributed by atoms with E-state index in [1.165, 1.54) is 0 Å². The monoisotopic (exact) mass is 298 g/mol. The van der Waals surface area contributed by atoms with Crippen LogP contribution in [0.25, 0.3) is 11.0 Å². The number of hydrogen-bond donors (Lipinski definition) is 0. The van der Waals surface area contributed by atoms with Crippen molar-refractivity contribution in [3.05, 3.63) is 28.4 Å². The normalized spacial score (nSPS) is 10.5. The largest absolute Gasteiger partial charge is 0.495 e. The number of carbonyl (C=O) groups is 1. The van der Waals surface area contributed by atoms with Gasteiger partial charge in [0.25, 0.3) is 0 Å². The lowest BCUT2D eigenvalue weighted by Crippen LogP contribution is -2.02. The van der Waals surface area contributed by atoms with Crippen LogP contribution in [0.2, 0.25) is 0 Å². The minimum Gasteiger partial charge on any atom is -0.495 e. The molecular formula is C12H11BrO4. The van der Waals surface area contributed by atoms with Gasteiger partial charge in [0.2, 0.25) is 5.76 Å². The summed E-state index contributed by atoms with van der Waals surface area (Å²) in [5.74, 6) is 0.392. The molecule has 0 saturated heterocycles. The molecular weight excluding hydrogens is 288 g/mol. The molecule has 17 heavy (non-hydrogen) atoms. The van der Waals surface area contributed by atoms with Gasteiger partial charge in [-0.3, -0.25) is 0 Å². The number of hydrogen-bond acceptors (Lipinski definition) is 4. The van der Waals surface area contributed by atoms with Crippen molar-refractivity contribution in [2.75, 3.05) is 13.7 Å². The molecule has 90 valence electrons. The molecule has 0 spiro atoms. The first kappa shape index (κ1) is 12.0. The van der Waals surface area contributed by atoms with E-state index >= 15 is 0 Å². The number of carbonyl (C=O) groups excluding carboxylic acids is 1. The van der Waals surface area contributed by atoms with Crippen LogP contribution >= 0.6 is 15.9 Å². The summed E-state index contributed by atoms with van der Waals surface area (Å²) in [6.45, 7) is 2.07. The van der Waals surface area contributed by atoms with Crippen molar-refractivity contribution in [1.29, 1.82) is 0 Å². The van der Waals surface area contributed by atoms with E-state index in [1.54, 1.807) is 26.2 Å². The van der Waals surface area contributed by atoms with Crippen molar-refractivity contribution in [2.24, 2.45) is 0 Å². The molecule has 5 heteroatoms. The van der Waals surface area contributed by atoms with E-state index in [-0.39, 0.29) is 5.76 Å². The highest BCUT2D eigenvalue weighted by molar-refractivity contribution is 9.10. The Balaban J connectivity index is 2.47. The first-order chi connectivity index (χ1) is 8.15. The van der Waals surface area contributed by atoms with Crippen LogP contribution in [-0.2, 0) is 4.74 Å². The highest BCUT2D eigenvalue weighted by Crippen LogP contribution is 2.32. The van der Waals surface area contributed by atoms with E-state index in [1.807, 2.05) is 6.07 Å². The Morgan fingerprint density at radius 3 is 2.82 bits per heavy atom. The van der Waals surface area contributed by atoms with Crippen molar-refractivity contribution >= 4 is 32.9 Å². The van der Waals surface area contributed by atoms with Gasteiger partial charge in [0.15, 0.2) is 0 Å². The molecule has 2 aromatic rings. The molecule has 1 heterocycles. The first-order valence-corrected chi connectivity index (χ1v) is 5.89. The third-order valence-electron chi connectivity index (χ3n) is 2.27. The second kappa shape index (κ2) is 4.79. The number of esters is 1. The van der Waals surface area contributed by atoms with Crippen LogP contribution in [0.4, 0.5) is 0 Å². The Bertz CT molecular complexity index is 559. The highest BCUT2D eigenvalue weighted by Gasteiger charge is 2.14. The van der Waals surface area contributed by atoms with Gasteiger partial charge in [0, 0.05) is 11.5 Å². The van der Waals surface area contributed by atoms with E-state index < -0.39 is 5.97 Å². The molecule has 0 bridgehead atoms. The van der Waals surface area contributed by atoms with Crippen molar-refractivity contribution in [1.82, 2.24) is 0 Å². The fourth-order valence-corrected chi connectivity index (χ4v) is 2.02. The van der Waals surface area contributed by atoms with Gasteiger partial charge in [-0.1, -0.05) is 0 Å². The molecule has 1 aromatic heterocycles. The SMILES string of the molecule is CCOC(=O)c1cc2cc(Br)c(OC)cc2o1. The maximum absolute atomic E-state index is 11.5. The van der Waals surface area contributed by atoms with Gasteiger partial charge >= 0.3 is 5.97 Å². The molecule has 0 saturated carbocycles. The second-order valence-electron chi connectivity index (χ2n) is 3.36. The van der Waals surface area contributed by atoms with Crippen molar-refractivity contribution in [3.63, 3.8) is 0 Å². The van der Waals surface area contributed by atoms with E-state index in [9.17, 15) is 4.79 Å². The van der Waals surface area contributed by atoms with Gasteiger partial charge < -0.3 is 13.9 Å². The van der Waals surface area contributed by atoms with Crippen LogP contribution < -0.4 is 4.74 Å². The predicted octanol–water partition coefficient (Wildman–Crippen LogP) is 3.38. The number of halogens is 1. The molecule has 0 atom stereocenters. The van der Waals surface area contributed by atoms with Crippen LogP contribution in [0.3, 0.4) is 0 Å².